The molecule has 0 aliphatic heterocycles. The maximum atomic E-state index is 4.41. The largest absolute Gasteiger partial charge is 0.363 e. The highest BCUT2D eigenvalue weighted by Gasteiger charge is 2.21. The second-order valence-corrected chi connectivity index (χ2v) is 5.52. The monoisotopic (exact) mass is 279 g/mol. The fourth-order valence-electron chi connectivity index (χ4n) is 3.15. The van der Waals surface area contributed by atoms with Gasteiger partial charge in [0.25, 0.3) is 0 Å². The highest BCUT2D eigenvalue weighted by molar-refractivity contribution is 5.86. The van der Waals surface area contributed by atoms with Gasteiger partial charge in [0.05, 0.1) is 17.6 Å². The zero-order chi connectivity index (χ0) is 14.2. The molecule has 0 saturated heterocycles. The second kappa shape index (κ2) is 4.84. The van der Waals surface area contributed by atoms with Gasteiger partial charge in [0.1, 0.15) is 12.1 Å². The van der Waals surface area contributed by atoms with Crippen LogP contribution >= 0.6 is 0 Å². The Hall–Kier alpha value is -2.43. The quantitative estimate of drug-likeness (QED) is 0.783. The fourth-order valence-corrected chi connectivity index (χ4v) is 3.15. The number of aryl methyl sites for hydroxylation is 2. The third kappa shape index (κ3) is 2.05. The van der Waals surface area contributed by atoms with Gasteiger partial charge < -0.3 is 5.32 Å². The Labute approximate surface area is 123 Å². The minimum Gasteiger partial charge on any atom is -0.363 e. The van der Waals surface area contributed by atoms with E-state index in [9.17, 15) is 0 Å². The molecule has 1 atom stereocenters. The zero-order valence-electron chi connectivity index (χ0n) is 12.0. The molecular formula is C16H17N5. The molecule has 0 spiro atoms. The Balaban J connectivity index is 1.73. The van der Waals surface area contributed by atoms with Gasteiger partial charge in [-0.1, -0.05) is 24.3 Å². The van der Waals surface area contributed by atoms with Crippen LogP contribution in [-0.2, 0) is 13.5 Å². The molecule has 0 radical (unpaired) electrons. The van der Waals surface area contributed by atoms with E-state index in [0.29, 0.717) is 6.04 Å². The predicted molar refractivity (Wildman–Crippen MR) is 82.0 cm³/mol. The molecule has 5 heteroatoms. The number of hydrogen-bond donors (Lipinski definition) is 1. The van der Waals surface area contributed by atoms with E-state index in [1.54, 1.807) is 11.0 Å². The standard InChI is InChI=1S/C16H17N5/c1-21-16-13(9-19-21)15(17-10-18-16)20-14-8-4-6-11-5-2-3-7-12(11)14/h2-3,5,7,9-10,14H,4,6,8H2,1H3,(H,17,18,20)/t14-/m1/s1. The van der Waals surface area contributed by atoms with Crippen LogP contribution in [0.4, 0.5) is 5.82 Å². The lowest BCUT2D eigenvalue weighted by atomic mass is 9.88. The minimum atomic E-state index is 0.313. The van der Waals surface area contributed by atoms with Crippen molar-refractivity contribution in [1.29, 1.82) is 0 Å². The summed E-state index contributed by atoms with van der Waals surface area (Å²) in [6, 6.07) is 8.98. The van der Waals surface area contributed by atoms with E-state index in [1.165, 1.54) is 24.0 Å². The summed E-state index contributed by atoms with van der Waals surface area (Å²) in [5, 5.41) is 8.83. The van der Waals surface area contributed by atoms with Crippen molar-refractivity contribution in [3.8, 4) is 0 Å². The summed E-state index contributed by atoms with van der Waals surface area (Å²) in [4.78, 5) is 8.70. The van der Waals surface area contributed by atoms with Crippen LogP contribution in [0.15, 0.2) is 36.8 Å². The van der Waals surface area contributed by atoms with E-state index in [4.69, 9.17) is 0 Å². The van der Waals surface area contributed by atoms with Crippen molar-refractivity contribution in [3.63, 3.8) is 0 Å². The molecule has 0 saturated carbocycles. The first kappa shape index (κ1) is 12.3. The third-order valence-electron chi connectivity index (χ3n) is 4.21. The van der Waals surface area contributed by atoms with E-state index in [0.717, 1.165) is 23.3 Å². The first-order valence-corrected chi connectivity index (χ1v) is 7.30. The van der Waals surface area contributed by atoms with Gasteiger partial charge in [0.15, 0.2) is 5.65 Å². The Kier molecular flexibility index (Phi) is 2.84. The molecule has 1 aliphatic carbocycles. The summed E-state index contributed by atoms with van der Waals surface area (Å²) < 4.78 is 1.77. The molecule has 0 unspecified atom stereocenters. The molecule has 0 bridgehead atoms. The van der Waals surface area contributed by atoms with Crippen LogP contribution in [0.5, 0.6) is 0 Å². The van der Waals surface area contributed by atoms with Crippen LogP contribution in [0.3, 0.4) is 0 Å². The normalized spacial score (nSPS) is 17.7. The first-order valence-electron chi connectivity index (χ1n) is 7.30. The summed E-state index contributed by atoms with van der Waals surface area (Å²) in [5.41, 5.74) is 3.69. The van der Waals surface area contributed by atoms with Gasteiger partial charge in [-0.2, -0.15) is 5.10 Å². The maximum Gasteiger partial charge on any atom is 0.163 e. The highest BCUT2D eigenvalue weighted by atomic mass is 15.3. The smallest absolute Gasteiger partial charge is 0.163 e. The number of fused-ring (bicyclic) bond motifs is 2. The molecule has 2 aromatic heterocycles. The number of nitrogens with zero attached hydrogens (tertiary/aromatic N) is 4. The fraction of sp³-hybridized carbons (Fsp3) is 0.312. The molecule has 106 valence electrons. The molecule has 1 N–H and O–H groups in total. The third-order valence-corrected chi connectivity index (χ3v) is 4.21. The average Bonchev–Trinajstić information content (AvgIpc) is 2.90. The van der Waals surface area contributed by atoms with E-state index in [1.807, 2.05) is 13.2 Å². The van der Waals surface area contributed by atoms with Crippen LogP contribution < -0.4 is 5.32 Å². The highest BCUT2D eigenvalue weighted by Crippen LogP contribution is 2.33. The van der Waals surface area contributed by atoms with E-state index in [-0.39, 0.29) is 0 Å². The van der Waals surface area contributed by atoms with Crippen LogP contribution in [0.2, 0.25) is 0 Å². The van der Waals surface area contributed by atoms with Gasteiger partial charge in [-0.05, 0) is 30.4 Å². The molecule has 0 amide bonds. The number of hydrogen-bond acceptors (Lipinski definition) is 4. The van der Waals surface area contributed by atoms with Crippen LogP contribution in [0.25, 0.3) is 11.0 Å². The van der Waals surface area contributed by atoms with Crippen molar-refractivity contribution in [3.05, 3.63) is 47.9 Å². The Morgan fingerprint density at radius 2 is 2.14 bits per heavy atom. The number of benzene rings is 1. The SMILES string of the molecule is Cn1ncc2c(N[C@@H]3CCCc4ccccc43)ncnc21. The Bertz CT molecular complexity index is 792. The lowest BCUT2D eigenvalue weighted by Gasteiger charge is -2.26. The molecule has 0 fully saturated rings. The molecular weight excluding hydrogens is 262 g/mol. The van der Waals surface area contributed by atoms with Crippen LogP contribution in [0.1, 0.15) is 30.0 Å². The van der Waals surface area contributed by atoms with Gasteiger partial charge in [-0.3, -0.25) is 4.68 Å². The molecule has 3 aromatic rings. The maximum absolute atomic E-state index is 4.41. The van der Waals surface area contributed by atoms with E-state index >= 15 is 0 Å². The summed E-state index contributed by atoms with van der Waals surface area (Å²) in [7, 11) is 1.90. The second-order valence-electron chi connectivity index (χ2n) is 5.52. The molecule has 2 heterocycles. The predicted octanol–water partition coefficient (Wildman–Crippen LogP) is 2.85. The topological polar surface area (TPSA) is 55.6 Å². The summed E-state index contributed by atoms with van der Waals surface area (Å²) in [6.45, 7) is 0. The lowest BCUT2D eigenvalue weighted by molar-refractivity contribution is 0.599. The van der Waals surface area contributed by atoms with Gasteiger partial charge >= 0.3 is 0 Å². The Morgan fingerprint density at radius 3 is 3.10 bits per heavy atom. The summed E-state index contributed by atoms with van der Waals surface area (Å²) >= 11 is 0. The van der Waals surface area contributed by atoms with Crippen LogP contribution in [0, 0.1) is 0 Å². The zero-order valence-corrected chi connectivity index (χ0v) is 12.0. The van der Waals surface area contributed by atoms with E-state index in [2.05, 4.69) is 44.6 Å². The number of rotatable bonds is 2. The van der Waals surface area contributed by atoms with Crippen LogP contribution in [-0.4, -0.2) is 19.7 Å². The van der Waals surface area contributed by atoms with Crippen molar-refractivity contribution in [2.75, 3.05) is 5.32 Å². The van der Waals surface area contributed by atoms with Gasteiger partial charge in [-0.25, -0.2) is 9.97 Å². The molecule has 4 rings (SSSR count). The summed E-state index contributed by atoms with van der Waals surface area (Å²) in [5.74, 6) is 0.870. The minimum absolute atomic E-state index is 0.313. The Morgan fingerprint density at radius 1 is 1.24 bits per heavy atom. The van der Waals surface area contributed by atoms with Crippen molar-refractivity contribution in [2.24, 2.45) is 7.05 Å². The average molecular weight is 279 g/mol. The van der Waals surface area contributed by atoms with Crippen molar-refractivity contribution >= 4 is 16.9 Å². The van der Waals surface area contributed by atoms with Crippen molar-refractivity contribution < 1.29 is 0 Å². The molecule has 5 nitrogen and oxygen atoms in total. The van der Waals surface area contributed by atoms with Gasteiger partial charge in [-0.15, -0.1) is 0 Å². The van der Waals surface area contributed by atoms with Gasteiger partial charge in [0, 0.05) is 7.05 Å². The lowest BCUT2D eigenvalue weighted by Crippen LogP contribution is -2.18. The number of aromatic nitrogens is 4. The first-order chi connectivity index (χ1) is 10.3. The number of nitrogens with one attached hydrogen (secondary N) is 1. The molecule has 21 heavy (non-hydrogen) atoms. The van der Waals surface area contributed by atoms with Crippen molar-refractivity contribution in [1.82, 2.24) is 19.7 Å². The summed E-state index contributed by atoms with van der Waals surface area (Å²) in [6.07, 6.45) is 6.92. The number of anilines is 1. The molecule has 1 aromatic carbocycles. The van der Waals surface area contributed by atoms with Gasteiger partial charge in [0.2, 0.25) is 0 Å². The van der Waals surface area contributed by atoms with Crippen molar-refractivity contribution in [2.45, 2.75) is 25.3 Å². The van der Waals surface area contributed by atoms with E-state index < -0.39 is 0 Å². The molecule has 1 aliphatic rings.